The van der Waals surface area contributed by atoms with Crippen LogP contribution < -0.4 is 14.8 Å². The highest BCUT2D eigenvalue weighted by molar-refractivity contribution is 6.04. The highest BCUT2D eigenvalue weighted by atomic mass is 16.5. The zero-order valence-electron chi connectivity index (χ0n) is 21.0. The van der Waals surface area contributed by atoms with Gasteiger partial charge in [0, 0.05) is 29.3 Å². The molecule has 2 aromatic carbocycles. The minimum absolute atomic E-state index is 0.0362. The number of ether oxygens (including phenoxy) is 3. The fourth-order valence-corrected chi connectivity index (χ4v) is 4.96. The Morgan fingerprint density at radius 1 is 1.00 bits per heavy atom. The smallest absolute Gasteiger partial charge is 0.336 e. The zero-order chi connectivity index (χ0) is 25.1. The van der Waals surface area contributed by atoms with Gasteiger partial charge in [-0.1, -0.05) is 50.2 Å². The molecule has 2 aromatic rings. The Balaban J connectivity index is 1.81. The zero-order valence-corrected chi connectivity index (χ0v) is 21.0. The minimum atomic E-state index is -0.546. The first-order valence-electron chi connectivity index (χ1n) is 12.0. The van der Waals surface area contributed by atoms with Crippen molar-refractivity contribution >= 4 is 11.8 Å². The number of hydrogen-bond donors (Lipinski definition) is 1. The maximum Gasteiger partial charge on any atom is 0.336 e. The molecule has 1 N–H and O–H groups in total. The molecular weight excluding hydrogens is 442 g/mol. The summed E-state index contributed by atoms with van der Waals surface area (Å²) in [7, 11) is 3.15. The number of esters is 1. The largest absolute Gasteiger partial charge is 0.493 e. The molecule has 0 amide bonds. The number of ketones is 1. The van der Waals surface area contributed by atoms with Gasteiger partial charge in [0.1, 0.15) is 0 Å². The number of carbonyl (C=O) groups excluding carboxylic acids is 2. The molecule has 2 aliphatic rings. The van der Waals surface area contributed by atoms with Gasteiger partial charge in [-0.3, -0.25) is 4.79 Å². The summed E-state index contributed by atoms with van der Waals surface area (Å²) in [6, 6.07) is 15.7. The number of dihydropyridines is 1. The normalized spacial score (nSPS) is 19.9. The molecule has 0 aromatic heterocycles. The number of methoxy groups -OCH3 is 2. The van der Waals surface area contributed by atoms with Crippen LogP contribution in [0.4, 0.5) is 0 Å². The Morgan fingerprint density at radius 2 is 1.71 bits per heavy atom. The summed E-state index contributed by atoms with van der Waals surface area (Å²) in [5.41, 5.74) is 4.60. The van der Waals surface area contributed by atoms with Crippen LogP contribution in [0.2, 0.25) is 0 Å². The first-order valence-corrected chi connectivity index (χ1v) is 12.0. The third-order valence-electron chi connectivity index (χ3n) is 6.61. The second-order valence-corrected chi connectivity index (χ2v) is 9.53. The van der Waals surface area contributed by atoms with Crippen LogP contribution in [0.1, 0.15) is 56.6 Å². The van der Waals surface area contributed by atoms with Gasteiger partial charge in [-0.05, 0) is 48.4 Å². The van der Waals surface area contributed by atoms with Crippen molar-refractivity contribution < 1.29 is 23.8 Å². The van der Waals surface area contributed by atoms with Crippen LogP contribution in [0.15, 0.2) is 71.1 Å². The van der Waals surface area contributed by atoms with E-state index in [9.17, 15) is 9.59 Å². The fourth-order valence-electron chi connectivity index (χ4n) is 4.96. The van der Waals surface area contributed by atoms with Crippen molar-refractivity contribution in [3.8, 4) is 11.5 Å². The molecule has 2 atom stereocenters. The summed E-state index contributed by atoms with van der Waals surface area (Å²) >= 11 is 0. The second kappa shape index (κ2) is 10.4. The Morgan fingerprint density at radius 3 is 2.37 bits per heavy atom. The Hall–Kier alpha value is -3.54. The summed E-state index contributed by atoms with van der Waals surface area (Å²) in [6.45, 7) is 6.17. The number of benzene rings is 2. The predicted octanol–water partition coefficient (Wildman–Crippen LogP) is 5.26. The minimum Gasteiger partial charge on any atom is -0.493 e. The van der Waals surface area contributed by atoms with Gasteiger partial charge in [-0.15, -0.1) is 0 Å². The average Bonchev–Trinajstić information content (AvgIpc) is 2.86. The third kappa shape index (κ3) is 4.97. The molecule has 0 spiro atoms. The molecule has 0 unspecified atom stereocenters. The van der Waals surface area contributed by atoms with E-state index in [2.05, 4.69) is 17.4 Å². The van der Waals surface area contributed by atoms with Crippen molar-refractivity contribution in [1.82, 2.24) is 5.32 Å². The van der Waals surface area contributed by atoms with Crippen molar-refractivity contribution in [2.45, 2.75) is 45.4 Å². The molecule has 0 radical (unpaired) electrons. The highest BCUT2D eigenvalue weighted by Gasteiger charge is 2.41. The quantitative estimate of drug-likeness (QED) is 0.551. The molecular formula is C29H33NO5. The number of carbonyl (C=O) groups is 2. The van der Waals surface area contributed by atoms with Crippen LogP contribution in [0, 0.1) is 5.92 Å². The van der Waals surface area contributed by atoms with Crippen LogP contribution in [0.3, 0.4) is 0 Å². The summed E-state index contributed by atoms with van der Waals surface area (Å²) < 4.78 is 16.6. The van der Waals surface area contributed by atoms with Gasteiger partial charge >= 0.3 is 5.97 Å². The number of rotatable bonds is 7. The van der Waals surface area contributed by atoms with Gasteiger partial charge in [0.05, 0.1) is 26.4 Å². The van der Waals surface area contributed by atoms with E-state index < -0.39 is 11.9 Å². The van der Waals surface area contributed by atoms with Gasteiger partial charge in [-0.25, -0.2) is 4.79 Å². The number of hydrogen-bond acceptors (Lipinski definition) is 6. The van der Waals surface area contributed by atoms with Gasteiger partial charge in [0.25, 0.3) is 0 Å². The molecule has 0 fully saturated rings. The molecule has 1 aliphatic carbocycles. The second-order valence-electron chi connectivity index (χ2n) is 9.53. The molecule has 0 bridgehead atoms. The topological polar surface area (TPSA) is 73.9 Å². The van der Waals surface area contributed by atoms with Gasteiger partial charge < -0.3 is 19.5 Å². The molecule has 35 heavy (non-hydrogen) atoms. The van der Waals surface area contributed by atoms with Crippen molar-refractivity contribution in [2.24, 2.45) is 5.92 Å². The van der Waals surface area contributed by atoms with Gasteiger partial charge in [-0.2, -0.15) is 0 Å². The van der Waals surface area contributed by atoms with Gasteiger partial charge in [0.15, 0.2) is 17.3 Å². The molecule has 184 valence electrons. The molecule has 1 aliphatic heterocycles. The molecule has 4 rings (SSSR count). The molecule has 0 saturated heterocycles. The van der Waals surface area contributed by atoms with Crippen LogP contribution in [-0.4, -0.2) is 32.6 Å². The van der Waals surface area contributed by atoms with Crippen LogP contribution in [0.5, 0.6) is 11.5 Å². The highest BCUT2D eigenvalue weighted by Crippen LogP contribution is 2.47. The van der Waals surface area contributed by atoms with Crippen molar-refractivity contribution in [3.63, 3.8) is 0 Å². The van der Waals surface area contributed by atoms with Crippen LogP contribution in [0.25, 0.3) is 0 Å². The van der Waals surface area contributed by atoms with E-state index in [1.807, 2.05) is 57.2 Å². The summed E-state index contributed by atoms with van der Waals surface area (Å²) in [4.78, 5) is 27.0. The van der Waals surface area contributed by atoms with E-state index in [-0.39, 0.29) is 17.6 Å². The van der Waals surface area contributed by atoms with Crippen molar-refractivity contribution in [2.75, 3.05) is 20.8 Å². The predicted molar refractivity (Wildman–Crippen MR) is 134 cm³/mol. The third-order valence-corrected chi connectivity index (χ3v) is 6.61. The van der Waals surface area contributed by atoms with E-state index in [1.165, 1.54) is 0 Å². The molecule has 1 heterocycles. The van der Waals surface area contributed by atoms with Crippen LogP contribution >= 0.6 is 0 Å². The van der Waals surface area contributed by atoms with E-state index >= 15 is 0 Å². The SMILES string of the molecule is COc1ccc([C@H]2C(C(=O)OCC(C)C)=C(C)NC3=C2C(=O)C[C@H](c2ccccc2)C3)cc1OC. The standard InChI is InChI=1S/C29H33NO5/c1-17(2)16-35-29(32)26-18(3)30-22-13-21(19-9-7-6-8-10-19)14-23(31)28(22)27(26)20-11-12-24(33-4)25(15-20)34-5/h6-12,15,17,21,27,30H,13-14,16H2,1-5H3/t21-,27+/m1/s1. The lowest BCUT2D eigenvalue weighted by atomic mass is 9.71. The van der Waals surface area contributed by atoms with Crippen LogP contribution in [-0.2, 0) is 14.3 Å². The van der Waals surface area contributed by atoms with E-state index in [0.29, 0.717) is 47.8 Å². The van der Waals surface area contributed by atoms with Crippen molar-refractivity contribution in [3.05, 3.63) is 82.2 Å². The van der Waals surface area contributed by atoms with E-state index in [0.717, 1.165) is 16.8 Å². The number of Topliss-reactive ketones (excluding diaryl/α,β-unsaturated/α-hetero) is 1. The first-order chi connectivity index (χ1) is 16.8. The van der Waals surface area contributed by atoms with Gasteiger partial charge in [0.2, 0.25) is 0 Å². The summed E-state index contributed by atoms with van der Waals surface area (Å²) in [5, 5.41) is 3.40. The Bertz CT molecular complexity index is 1180. The maximum atomic E-state index is 13.7. The summed E-state index contributed by atoms with van der Waals surface area (Å²) in [5.74, 6) is 0.501. The van der Waals surface area contributed by atoms with E-state index in [1.54, 1.807) is 14.2 Å². The molecule has 6 heteroatoms. The lowest BCUT2D eigenvalue weighted by molar-refractivity contribution is -0.140. The molecule has 0 saturated carbocycles. The summed E-state index contributed by atoms with van der Waals surface area (Å²) in [6.07, 6.45) is 1.09. The Labute approximate surface area is 207 Å². The average molecular weight is 476 g/mol. The lowest BCUT2D eigenvalue weighted by Gasteiger charge is -2.37. The van der Waals surface area contributed by atoms with Crippen molar-refractivity contribution in [1.29, 1.82) is 0 Å². The maximum absolute atomic E-state index is 13.7. The Kier molecular flexibility index (Phi) is 7.29. The number of allylic oxidation sites excluding steroid dienone is 3. The number of nitrogens with one attached hydrogen (secondary N) is 1. The van der Waals surface area contributed by atoms with E-state index in [4.69, 9.17) is 14.2 Å². The molecule has 6 nitrogen and oxygen atoms in total. The lowest BCUT2D eigenvalue weighted by Crippen LogP contribution is -2.36. The fraction of sp³-hybridized carbons (Fsp3) is 0.379. The monoisotopic (exact) mass is 475 g/mol. The first kappa shape index (κ1) is 24.6.